The van der Waals surface area contributed by atoms with Crippen LogP contribution in [0.2, 0.25) is 0 Å². The van der Waals surface area contributed by atoms with Crippen LogP contribution < -0.4 is 4.57 Å². The lowest BCUT2D eigenvalue weighted by atomic mass is 9.85. The molecular weight excluding hydrogens is 502 g/mol. The molecule has 39 heavy (non-hydrogen) atoms. The molecule has 4 nitrogen and oxygen atoms in total. The standard InChI is InChI=1S/C34H45NO3S/c1-31(2,3)24-16-20(17-25(35(24)13)32(4,5)6)14-22-28(36)23(30(38)29(22)37)15-21-18-26(33(7,8)9)39-27(19-21)34(10,11)12/h14-19H,1-13H3/p+1. The molecule has 0 bridgehead atoms. The van der Waals surface area contributed by atoms with E-state index in [2.05, 4.69) is 107 Å². The van der Waals surface area contributed by atoms with E-state index in [1.165, 1.54) is 9.81 Å². The summed E-state index contributed by atoms with van der Waals surface area (Å²) in [6.45, 7) is 25.9. The third-order valence-corrected chi connectivity index (χ3v) is 8.89. The van der Waals surface area contributed by atoms with E-state index in [4.69, 9.17) is 0 Å². The van der Waals surface area contributed by atoms with Crippen LogP contribution in [0, 0.1) is 10.8 Å². The van der Waals surface area contributed by atoms with E-state index < -0.39 is 11.6 Å². The molecule has 0 atom stereocenters. The molecule has 5 heteroatoms. The molecule has 2 heterocycles. The van der Waals surface area contributed by atoms with Gasteiger partial charge in [0, 0.05) is 23.0 Å². The summed E-state index contributed by atoms with van der Waals surface area (Å²) in [5.41, 5.74) is 3.46. The Morgan fingerprint density at radius 2 is 1.13 bits per heavy atom. The van der Waals surface area contributed by atoms with Crippen molar-refractivity contribution in [3.8, 4) is 0 Å². The normalized spacial score (nSPS) is 18.7. The highest BCUT2D eigenvalue weighted by atomic mass is 32.2. The molecular formula is C34H46NO3S+. The zero-order valence-corrected chi connectivity index (χ0v) is 26.9. The van der Waals surface area contributed by atoms with Crippen molar-refractivity contribution in [3.05, 3.63) is 79.6 Å². The fourth-order valence-corrected chi connectivity index (χ4v) is 5.99. The lowest BCUT2D eigenvalue weighted by Gasteiger charge is -2.32. The van der Waals surface area contributed by atoms with Crippen LogP contribution in [0.1, 0.15) is 100 Å². The zero-order chi connectivity index (χ0) is 29.9. The van der Waals surface area contributed by atoms with E-state index in [-0.39, 0.29) is 38.6 Å². The molecule has 1 aromatic heterocycles. The van der Waals surface area contributed by atoms with Crippen LogP contribution in [0.5, 0.6) is 0 Å². The molecule has 0 fully saturated rings. The fraction of sp³-hybridized carbons (Fsp3) is 0.500. The molecule has 1 N–H and O–H groups in total. The summed E-state index contributed by atoms with van der Waals surface area (Å²) in [5, 5.41) is 11.2. The van der Waals surface area contributed by atoms with E-state index in [0.29, 0.717) is 0 Å². The molecule has 1 aromatic rings. The van der Waals surface area contributed by atoms with Gasteiger partial charge < -0.3 is 5.11 Å². The summed E-state index contributed by atoms with van der Waals surface area (Å²) < 4.78 is 2.20. The maximum atomic E-state index is 13.2. The number of thioether (sulfide) groups is 1. The van der Waals surface area contributed by atoms with E-state index in [1.54, 1.807) is 23.9 Å². The van der Waals surface area contributed by atoms with Gasteiger partial charge in [0.1, 0.15) is 12.8 Å². The van der Waals surface area contributed by atoms with Gasteiger partial charge in [0.05, 0.1) is 11.1 Å². The number of Topliss-reactive ketones (excluding diaryl/α,β-unsaturated/α-hetero) is 2. The third-order valence-electron chi connectivity index (χ3n) is 6.99. The molecule has 0 unspecified atom stereocenters. The summed E-state index contributed by atoms with van der Waals surface area (Å²) in [5.74, 6) is -1.60. The van der Waals surface area contributed by atoms with Crippen molar-refractivity contribution >= 4 is 29.4 Å². The number of carbonyl (C=O) groups excluding carboxylic acids is 2. The SMILES string of the molecule is C[n+]1c(C(C)(C)C)cc(C=C2C(=O)C(=O)C(C=C3C=C(C(C)(C)C)SC(C(C)(C)C)=C3)=C2O)cc1C(C)(C)C. The van der Waals surface area contributed by atoms with Crippen molar-refractivity contribution in [1.82, 2.24) is 0 Å². The number of rotatable bonds is 2. The Bertz CT molecular complexity index is 1320. The predicted octanol–water partition coefficient (Wildman–Crippen LogP) is 7.99. The smallest absolute Gasteiger partial charge is 0.237 e. The minimum atomic E-state index is -0.674. The molecule has 0 radical (unpaired) electrons. The van der Waals surface area contributed by atoms with Gasteiger partial charge in [-0.15, -0.1) is 0 Å². The van der Waals surface area contributed by atoms with Gasteiger partial charge in [-0.25, -0.2) is 4.57 Å². The Morgan fingerprint density at radius 1 is 0.692 bits per heavy atom. The molecule has 0 aromatic carbocycles. The highest BCUT2D eigenvalue weighted by Gasteiger charge is 2.37. The first-order valence-corrected chi connectivity index (χ1v) is 14.5. The maximum absolute atomic E-state index is 13.2. The zero-order valence-electron chi connectivity index (χ0n) is 26.1. The number of ketones is 2. The van der Waals surface area contributed by atoms with Gasteiger partial charge >= 0.3 is 0 Å². The van der Waals surface area contributed by atoms with Crippen molar-refractivity contribution < 1.29 is 19.3 Å². The van der Waals surface area contributed by atoms with Crippen molar-refractivity contribution in [2.45, 2.75) is 93.9 Å². The van der Waals surface area contributed by atoms with Gasteiger partial charge in [0.25, 0.3) is 0 Å². The average Bonchev–Trinajstić information content (AvgIpc) is 2.95. The lowest BCUT2D eigenvalue weighted by Crippen LogP contribution is -2.47. The molecule has 0 amide bonds. The molecule has 1 aliphatic heterocycles. The van der Waals surface area contributed by atoms with Crippen LogP contribution in [0.25, 0.3) is 6.08 Å². The number of nitrogens with zero attached hydrogens (tertiary/aromatic N) is 1. The number of allylic oxidation sites excluding steroid dienone is 8. The number of hydrogen-bond acceptors (Lipinski definition) is 4. The first-order chi connectivity index (χ1) is 17.5. The van der Waals surface area contributed by atoms with Crippen molar-refractivity contribution in [1.29, 1.82) is 0 Å². The minimum absolute atomic E-state index is 0.0469. The van der Waals surface area contributed by atoms with Gasteiger partial charge in [-0.3, -0.25) is 9.59 Å². The van der Waals surface area contributed by atoms with E-state index >= 15 is 0 Å². The first-order valence-electron chi connectivity index (χ1n) is 13.6. The number of carbonyl (C=O) groups is 2. The van der Waals surface area contributed by atoms with E-state index in [9.17, 15) is 14.7 Å². The highest BCUT2D eigenvalue weighted by molar-refractivity contribution is 8.06. The summed E-state index contributed by atoms with van der Waals surface area (Å²) in [6.07, 6.45) is 7.44. The Morgan fingerprint density at radius 3 is 1.51 bits per heavy atom. The van der Waals surface area contributed by atoms with Crippen molar-refractivity contribution in [2.24, 2.45) is 17.9 Å². The number of aliphatic hydroxyl groups excluding tert-OH is 1. The Kier molecular flexibility index (Phi) is 7.97. The second-order valence-corrected chi connectivity index (χ2v) is 15.9. The summed E-state index contributed by atoms with van der Waals surface area (Å²) >= 11 is 1.76. The number of pyridine rings is 1. The quantitative estimate of drug-likeness (QED) is 0.231. The summed E-state index contributed by atoms with van der Waals surface area (Å²) in [6, 6.07) is 4.08. The number of aromatic nitrogens is 1. The first kappa shape index (κ1) is 30.9. The van der Waals surface area contributed by atoms with E-state index in [0.717, 1.165) is 22.5 Å². The second kappa shape index (κ2) is 10.1. The van der Waals surface area contributed by atoms with Crippen LogP contribution in [0.4, 0.5) is 0 Å². The molecule has 210 valence electrons. The van der Waals surface area contributed by atoms with Gasteiger partial charge in [0.15, 0.2) is 11.4 Å². The monoisotopic (exact) mass is 548 g/mol. The summed E-state index contributed by atoms with van der Waals surface area (Å²) in [4.78, 5) is 28.7. The van der Waals surface area contributed by atoms with Crippen LogP contribution in [0.15, 0.2) is 62.6 Å². The molecule has 0 saturated carbocycles. The van der Waals surface area contributed by atoms with Gasteiger partial charge in [-0.2, -0.15) is 0 Å². The van der Waals surface area contributed by atoms with Crippen LogP contribution in [-0.4, -0.2) is 16.7 Å². The Balaban J connectivity index is 2.21. The van der Waals surface area contributed by atoms with Crippen LogP contribution >= 0.6 is 11.8 Å². The topological polar surface area (TPSA) is 58.2 Å². The number of aliphatic hydroxyl groups is 1. The highest BCUT2D eigenvalue weighted by Crippen LogP contribution is 2.49. The molecule has 1 aliphatic carbocycles. The summed E-state index contributed by atoms with van der Waals surface area (Å²) in [7, 11) is 2.06. The fourth-order valence-electron chi connectivity index (χ4n) is 4.75. The Labute approximate surface area is 239 Å². The van der Waals surface area contributed by atoms with Crippen LogP contribution in [0.3, 0.4) is 0 Å². The Hall–Kier alpha value is -2.66. The van der Waals surface area contributed by atoms with Gasteiger partial charge in [-0.05, 0) is 56.1 Å². The predicted molar refractivity (Wildman–Crippen MR) is 163 cm³/mol. The van der Waals surface area contributed by atoms with Crippen LogP contribution in [-0.2, 0) is 27.5 Å². The minimum Gasteiger partial charge on any atom is -0.506 e. The maximum Gasteiger partial charge on any atom is 0.237 e. The molecule has 0 spiro atoms. The van der Waals surface area contributed by atoms with Crippen molar-refractivity contribution in [3.63, 3.8) is 0 Å². The van der Waals surface area contributed by atoms with Gasteiger partial charge in [-0.1, -0.05) is 94.8 Å². The molecule has 2 aliphatic rings. The van der Waals surface area contributed by atoms with E-state index in [1.807, 2.05) is 12.1 Å². The number of hydrogen-bond donors (Lipinski definition) is 1. The van der Waals surface area contributed by atoms with Crippen molar-refractivity contribution in [2.75, 3.05) is 0 Å². The molecule has 3 rings (SSSR count). The second-order valence-electron chi connectivity index (χ2n) is 14.9. The average molecular weight is 549 g/mol. The lowest BCUT2D eigenvalue weighted by molar-refractivity contribution is -0.693. The van der Waals surface area contributed by atoms with Gasteiger partial charge in [0.2, 0.25) is 11.6 Å². The molecule has 0 saturated heterocycles. The third kappa shape index (κ3) is 6.57. The largest absolute Gasteiger partial charge is 0.506 e.